The number of piperazine rings is 1. The first-order valence-corrected chi connectivity index (χ1v) is 8.81. The largest absolute Gasteiger partial charge is 0.403 e. The molecular formula is C16H32F3N5O. The molecule has 1 rings (SSSR count). The minimum Gasteiger partial charge on any atom is -0.383 e. The van der Waals surface area contributed by atoms with E-state index in [9.17, 15) is 13.2 Å². The van der Waals surface area contributed by atoms with Gasteiger partial charge in [0.15, 0.2) is 5.96 Å². The third-order valence-corrected chi connectivity index (χ3v) is 4.39. The number of alkyl halides is 3. The van der Waals surface area contributed by atoms with E-state index in [4.69, 9.17) is 4.74 Å². The van der Waals surface area contributed by atoms with E-state index in [0.29, 0.717) is 39.3 Å². The summed E-state index contributed by atoms with van der Waals surface area (Å²) < 4.78 is 43.6. The molecule has 25 heavy (non-hydrogen) atoms. The van der Waals surface area contributed by atoms with Crippen LogP contribution >= 0.6 is 0 Å². The van der Waals surface area contributed by atoms with Crippen molar-refractivity contribution < 1.29 is 17.9 Å². The van der Waals surface area contributed by atoms with Gasteiger partial charge < -0.3 is 19.9 Å². The average Bonchev–Trinajstić information content (AvgIpc) is 2.58. The molecular weight excluding hydrogens is 335 g/mol. The summed E-state index contributed by atoms with van der Waals surface area (Å²) in [7, 11) is 3.69. The van der Waals surface area contributed by atoms with Crippen LogP contribution in [-0.2, 0) is 4.74 Å². The van der Waals surface area contributed by atoms with Crippen LogP contribution in [0.2, 0.25) is 0 Å². The fourth-order valence-corrected chi connectivity index (χ4v) is 2.64. The lowest BCUT2D eigenvalue weighted by Gasteiger charge is -2.39. The average molecular weight is 367 g/mol. The number of nitrogens with one attached hydrogen (secondary N) is 1. The Morgan fingerprint density at radius 3 is 2.40 bits per heavy atom. The first-order valence-electron chi connectivity index (χ1n) is 8.81. The molecule has 1 unspecified atom stereocenters. The monoisotopic (exact) mass is 367 g/mol. The van der Waals surface area contributed by atoms with Crippen molar-refractivity contribution >= 4 is 5.96 Å². The fraction of sp³-hybridized carbons (Fsp3) is 0.938. The van der Waals surface area contributed by atoms with Gasteiger partial charge in [-0.15, -0.1) is 0 Å². The van der Waals surface area contributed by atoms with Crippen molar-refractivity contribution in [2.75, 3.05) is 73.1 Å². The molecule has 1 aliphatic rings. The Hall–Kier alpha value is -1.06. The Labute approximate surface area is 149 Å². The number of nitrogens with zero attached hydrogens (tertiary/aromatic N) is 4. The summed E-state index contributed by atoms with van der Waals surface area (Å²) in [4.78, 5) is 10.3. The molecule has 0 bridgehead atoms. The normalized spacial score (nSPS) is 18.7. The van der Waals surface area contributed by atoms with Crippen molar-refractivity contribution in [2.24, 2.45) is 4.99 Å². The van der Waals surface area contributed by atoms with Gasteiger partial charge in [-0.05, 0) is 20.9 Å². The lowest BCUT2D eigenvalue weighted by atomic mass is 10.2. The van der Waals surface area contributed by atoms with Gasteiger partial charge in [0.2, 0.25) is 0 Å². The third-order valence-electron chi connectivity index (χ3n) is 4.39. The molecule has 0 aromatic rings. The van der Waals surface area contributed by atoms with Crippen LogP contribution in [0.25, 0.3) is 0 Å². The molecule has 1 saturated heterocycles. The summed E-state index contributed by atoms with van der Waals surface area (Å²) >= 11 is 0. The van der Waals surface area contributed by atoms with Crippen molar-refractivity contribution in [1.82, 2.24) is 20.0 Å². The molecule has 0 aromatic heterocycles. The predicted octanol–water partition coefficient (Wildman–Crippen LogP) is 1.10. The molecule has 0 aromatic carbocycles. The molecule has 148 valence electrons. The molecule has 0 spiro atoms. The van der Waals surface area contributed by atoms with Crippen LogP contribution in [0.15, 0.2) is 4.99 Å². The van der Waals surface area contributed by atoms with E-state index in [1.54, 1.807) is 7.11 Å². The van der Waals surface area contributed by atoms with E-state index < -0.39 is 12.2 Å². The zero-order valence-corrected chi connectivity index (χ0v) is 15.8. The number of hydrogen-bond donors (Lipinski definition) is 1. The van der Waals surface area contributed by atoms with Gasteiger partial charge in [0.25, 0.3) is 0 Å². The van der Waals surface area contributed by atoms with Gasteiger partial charge in [0.05, 0.1) is 13.2 Å². The molecule has 0 radical (unpaired) electrons. The molecule has 1 aliphatic heterocycles. The smallest absolute Gasteiger partial charge is 0.383 e. The van der Waals surface area contributed by atoms with Gasteiger partial charge in [-0.1, -0.05) is 0 Å². The Morgan fingerprint density at radius 2 is 1.88 bits per heavy atom. The second kappa shape index (κ2) is 10.8. The van der Waals surface area contributed by atoms with E-state index in [-0.39, 0.29) is 0 Å². The molecule has 0 saturated carbocycles. The molecule has 1 heterocycles. The number of guanidine groups is 1. The van der Waals surface area contributed by atoms with E-state index in [0.717, 1.165) is 25.6 Å². The summed E-state index contributed by atoms with van der Waals surface area (Å²) in [6.45, 7) is 8.79. The maximum atomic E-state index is 12.8. The van der Waals surface area contributed by atoms with Gasteiger partial charge in [0.1, 0.15) is 6.04 Å². The Morgan fingerprint density at radius 1 is 1.24 bits per heavy atom. The van der Waals surface area contributed by atoms with E-state index in [1.807, 2.05) is 18.9 Å². The van der Waals surface area contributed by atoms with E-state index >= 15 is 0 Å². The highest BCUT2D eigenvalue weighted by molar-refractivity contribution is 5.80. The van der Waals surface area contributed by atoms with Gasteiger partial charge in [-0.3, -0.25) is 9.89 Å². The maximum Gasteiger partial charge on any atom is 0.403 e. The van der Waals surface area contributed by atoms with Crippen LogP contribution in [0.5, 0.6) is 0 Å². The highest BCUT2D eigenvalue weighted by atomic mass is 19.4. The standard InChI is InChI=1S/C16H32F3N5O/c1-5-20-15(21-6-7-22(3)12-13-25-4)24-10-8-23(9-11-24)14(2)16(17,18)19/h14H,5-13H2,1-4H3,(H,20,21). The molecule has 1 atom stereocenters. The van der Waals surface area contributed by atoms with Gasteiger partial charge >= 0.3 is 6.18 Å². The van der Waals surface area contributed by atoms with Crippen molar-refractivity contribution in [1.29, 1.82) is 0 Å². The maximum absolute atomic E-state index is 12.8. The number of aliphatic imine (C=N–C) groups is 1. The van der Waals surface area contributed by atoms with Crippen molar-refractivity contribution in [3.63, 3.8) is 0 Å². The number of halogens is 3. The first-order chi connectivity index (χ1) is 11.8. The lowest BCUT2D eigenvalue weighted by molar-refractivity contribution is -0.181. The van der Waals surface area contributed by atoms with E-state index in [1.165, 1.54) is 11.8 Å². The summed E-state index contributed by atoms with van der Waals surface area (Å²) in [6, 6.07) is -1.40. The number of methoxy groups -OCH3 is 1. The Balaban J connectivity index is 2.50. The second-order valence-corrected chi connectivity index (χ2v) is 6.27. The first kappa shape index (κ1) is 22.0. The second-order valence-electron chi connectivity index (χ2n) is 6.27. The van der Waals surface area contributed by atoms with Crippen LogP contribution in [0.4, 0.5) is 13.2 Å². The molecule has 6 nitrogen and oxygen atoms in total. The topological polar surface area (TPSA) is 43.3 Å². The summed E-state index contributed by atoms with van der Waals surface area (Å²) in [6.07, 6.45) is -4.17. The van der Waals surface area contributed by atoms with Gasteiger partial charge in [-0.2, -0.15) is 13.2 Å². The summed E-state index contributed by atoms with van der Waals surface area (Å²) in [5, 5.41) is 3.24. The Bertz CT molecular complexity index is 398. The van der Waals surface area contributed by atoms with Crippen LogP contribution < -0.4 is 5.32 Å². The highest BCUT2D eigenvalue weighted by Crippen LogP contribution is 2.25. The van der Waals surface area contributed by atoms with Crippen LogP contribution in [0.3, 0.4) is 0 Å². The van der Waals surface area contributed by atoms with Crippen LogP contribution in [0.1, 0.15) is 13.8 Å². The van der Waals surface area contributed by atoms with Crippen LogP contribution in [0, 0.1) is 0 Å². The molecule has 0 amide bonds. The van der Waals surface area contributed by atoms with Crippen molar-refractivity contribution in [2.45, 2.75) is 26.1 Å². The zero-order valence-electron chi connectivity index (χ0n) is 15.8. The number of likely N-dealkylation sites (N-methyl/N-ethyl adjacent to an activating group) is 1. The number of rotatable bonds is 8. The van der Waals surface area contributed by atoms with Crippen molar-refractivity contribution in [3.8, 4) is 0 Å². The SMILES string of the molecule is CCNC(=NCCN(C)CCOC)N1CCN(C(C)C(F)(F)F)CC1. The van der Waals surface area contributed by atoms with Gasteiger partial charge in [-0.25, -0.2) is 0 Å². The molecule has 9 heteroatoms. The molecule has 0 aliphatic carbocycles. The molecule has 1 fully saturated rings. The summed E-state index contributed by atoms with van der Waals surface area (Å²) in [5.41, 5.74) is 0. The van der Waals surface area contributed by atoms with Crippen molar-refractivity contribution in [3.05, 3.63) is 0 Å². The minimum atomic E-state index is -4.17. The molecule has 1 N–H and O–H groups in total. The quantitative estimate of drug-likeness (QED) is 0.514. The lowest BCUT2D eigenvalue weighted by Crippen LogP contribution is -2.56. The van der Waals surface area contributed by atoms with E-state index in [2.05, 4.69) is 15.2 Å². The minimum absolute atomic E-state index is 0.388. The third kappa shape index (κ3) is 7.79. The fourth-order valence-electron chi connectivity index (χ4n) is 2.64. The van der Waals surface area contributed by atoms with Gasteiger partial charge in [0, 0.05) is 52.9 Å². The highest BCUT2D eigenvalue weighted by Gasteiger charge is 2.41. The Kier molecular flexibility index (Phi) is 9.52. The number of ether oxygens (including phenoxy) is 1. The number of hydrogen-bond acceptors (Lipinski definition) is 4. The van der Waals surface area contributed by atoms with Crippen LogP contribution in [-0.4, -0.2) is 106 Å². The zero-order chi connectivity index (χ0) is 18.9. The predicted molar refractivity (Wildman–Crippen MR) is 94.0 cm³/mol. The summed E-state index contributed by atoms with van der Waals surface area (Å²) in [5.74, 6) is 0.780.